The average molecular weight is 266 g/mol. The molecule has 0 bridgehead atoms. The number of alkyl halides is 3. The number of carbonyl (C=O) groups is 1. The number of hydrogen-bond donors (Lipinski definition) is 1. The molecule has 0 saturated carbocycles. The number of halogens is 3. The molecule has 0 heterocycles. The summed E-state index contributed by atoms with van der Waals surface area (Å²) in [6.07, 6.45) is -4.96. The van der Waals surface area contributed by atoms with Gasteiger partial charge in [0, 0.05) is 25.6 Å². The summed E-state index contributed by atoms with van der Waals surface area (Å²) in [5.74, 6) is -1.64. The summed E-state index contributed by atoms with van der Waals surface area (Å²) < 4.78 is 47.4. The van der Waals surface area contributed by atoms with Gasteiger partial charge < -0.3 is 8.92 Å². The van der Waals surface area contributed by atoms with Crippen molar-refractivity contribution in [2.24, 2.45) is 0 Å². The Morgan fingerprint density at radius 3 is 2.12 bits per heavy atom. The molecule has 17 heavy (non-hydrogen) atoms. The smallest absolute Gasteiger partial charge is 0.392 e. The molecule has 1 aromatic rings. The Balaban J connectivity index is 3.43. The van der Waals surface area contributed by atoms with Crippen molar-refractivity contribution in [1.29, 1.82) is 0 Å². The van der Waals surface area contributed by atoms with E-state index in [1.54, 1.807) is 0 Å². The van der Waals surface area contributed by atoms with Crippen LogP contribution in [0.25, 0.3) is 0 Å². The first-order valence-corrected chi connectivity index (χ1v) is 4.80. The van der Waals surface area contributed by atoms with Gasteiger partial charge in [0.15, 0.2) is 0 Å². The van der Waals surface area contributed by atoms with Crippen LogP contribution in [0.1, 0.15) is 5.56 Å². The molecule has 0 radical (unpaired) electrons. The largest absolute Gasteiger partial charge is 0.432 e. The van der Waals surface area contributed by atoms with Crippen LogP contribution in [0.4, 0.5) is 13.2 Å². The molecular weight excluding hydrogens is 257 g/mol. The first kappa shape index (κ1) is 13.9. The average Bonchev–Trinajstić information content (AvgIpc) is 2.30. The Morgan fingerprint density at radius 2 is 1.76 bits per heavy atom. The molecule has 7 heteroatoms. The van der Waals surface area contributed by atoms with E-state index >= 15 is 0 Å². The van der Waals surface area contributed by atoms with Crippen LogP contribution in [0.15, 0.2) is 30.3 Å². The maximum Gasteiger partial charge on any atom is 0.432 e. The molecule has 1 atom stereocenters. The normalized spacial score (nSPS) is 15.1. The van der Waals surface area contributed by atoms with Crippen molar-refractivity contribution in [2.75, 3.05) is 7.11 Å². The molecule has 94 valence electrons. The second-order valence-corrected chi connectivity index (χ2v) is 3.31. The summed E-state index contributed by atoms with van der Waals surface area (Å²) in [5.41, 5.74) is -3.52. The van der Waals surface area contributed by atoms with Crippen molar-refractivity contribution in [2.45, 2.75) is 11.8 Å². The summed E-state index contributed by atoms with van der Waals surface area (Å²) in [7, 11) is 0.783. The minimum Gasteiger partial charge on any atom is -0.392 e. The van der Waals surface area contributed by atoms with Crippen molar-refractivity contribution >= 4 is 18.9 Å². The predicted octanol–water partition coefficient (Wildman–Crippen LogP) is 2.48. The molecule has 0 saturated heterocycles. The van der Waals surface area contributed by atoms with Crippen molar-refractivity contribution in [1.82, 2.24) is 0 Å². The van der Waals surface area contributed by atoms with Crippen LogP contribution < -0.4 is 0 Å². The second-order valence-electron chi connectivity index (χ2n) is 3.13. The van der Waals surface area contributed by atoms with E-state index < -0.39 is 17.7 Å². The van der Waals surface area contributed by atoms with Crippen LogP contribution in [-0.4, -0.2) is 19.3 Å². The maximum atomic E-state index is 13.0. The summed E-state index contributed by atoms with van der Waals surface area (Å²) in [6.45, 7) is 0. The monoisotopic (exact) mass is 266 g/mol. The number of benzene rings is 1. The third kappa shape index (κ3) is 2.25. The minimum atomic E-state index is -4.96. The summed E-state index contributed by atoms with van der Waals surface area (Å²) in [6, 6.07) is 6.50. The Kier molecular flexibility index (Phi) is 4.05. The van der Waals surface area contributed by atoms with Crippen molar-refractivity contribution in [3.05, 3.63) is 35.9 Å². The fourth-order valence-electron chi connectivity index (χ4n) is 1.45. The van der Waals surface area contributed by atoms with E-state index in [9.17, 15) is 18.0 Å². The molecule has 3 nitrogen and oxygen atoms in total. The maximum absolute atomic E-state index is 13.0. The van der Waals surface area contributed by atoms with Gasteiger partial charge in [0.1, 0.15) is 0 Å². The highest BCUT2D eigenvalue weighted by molar-refractivity contribution is 7.75. The number of methoxy groups -OCH3 is 1. The summed E-state index contributed by atoms with van der Waals surface area (Å²) in [4.78, 5) is 11.4. The van der Waals surface area contributed by atoms with Crippen molar-refractivity contribution < 1.29 is 26.9 Å². The second kappa shape index (κ2) is 4.97. The van der Waals surface area contributed by atoms with Crippen molar-refractivity contribution in [3.63, 3.8) is 0 Å². The first-order chi connectivity index (χ1) is 7.90. The van der Waals surface area contributed by atoms with E-state index in [4.69, 9.17) is 0 Å². The molecule has 0 aliphatic carbocycles. The van der Waals surface area contributed by atoms with Crippen LogP contribution >= 0.6 is 12.9 Å². The third-order valence-corrected chi connectivity index (χ3v) is 2.42. The molecule has 1 aromatic carbocycles. The molecule has 0 aromatic heterocycles. The van der Waals surface area contributed by atoms with Gasteiger partial charge in [0.05, 0.1) is 0 Å². The zero-order valence-electron chi connectivity index (χ0n) is 8.69. The van der Waals surface area contributed by atoms with Crippen LogP contribution in [0.5, 0.6) is 0 Å². The highest BCUT2D eigenvalue weighted by atomic mass is 32.1. The Morgan fingerprint density at radius 1 is 1.24 bits per heavy atom. The molecule has 0 aliphatic heterocycles. The lowest BCUT2D eigenvalue weighted by Gasteiger charge is -2.31. The number of thiol groups is 1. The number of carbonyl (C=O) groups excluding carboxylic acids is 1. The molecular formula is C10H9F3O3S. The van der Waals surface area contributed by atoms with Gasteiger partial charge in [-0.3, -0.25) is 0 Å². The summed E-state index contributed by atoms with van der Waals surface area (Å²) >= 11 is 3.12. The standard InChI is InChI=1S/C10H9F3O3S/c1-15-9(8(14)16-17,10(11,12)13)7-5-3-2-4-6-7/h2-6,17H,1H3/t9-/m1/s1. The first-order valence-electron chi connectivity index (χ1n) is 4.43. The topological polar surface area (TPSA) is 35.5 Å². The molecule has 0 amide bonds. The molecule has 0 unspecified atom stereocenters. The zero-order chi connectivity index (χ0) is 13.1. The van der Waals surface area contributed by atoms with E-state index in [-0.39, 0.29) is 5.56 Å². The molecule has 0 spiro atoms. The quantitative estimate of drug-likeness (QED) is 0.674. The zero-order valence-corrected chi connectivity index (χ0v) is 9.59. The van der Waals surface area contributed by atoms with Crippen LogP contribution in [-0.2, 0) is 19.3 Å². The van der Waals surface area contributed by atoms with Gasteiger partial charge in [-0.15, -0.1) is 0 Å². The Bertz CT molecular complexity index is 394. The number of rotatable bonds is 3. The SMILES string of the molecule is CO[C@@](C(=O)OS)(c1ccccc1)C(F)(F)F. The van der Waals surface area contributed by atoms with Gasteiger partial charge in [-0.2, -0.15) is 13.2 Å². The Hall–Kier alpha value is -1.21. The Labute approximate surface area is 101 Å². The van der Waals surface area contributed by atoms with Gasteiger partial charge in [-0.05, 0) is 0 Å². The number of ether oxygens (including phenoxy) is 1. The lowest BCUT2D eigenvalue weighted by Crippen LogP contribution is -2.51. The lowest BCUT2D eigenvalue weighted by molar-refractivity contribution is -0.271. The predicted molar refractivity (Wildman–Crippen MR) is 56.3 cm³/mol. The van der Waals surface area contributed by atoms with Crippen LogP contribution in [0, 0.1) is 0 Å². The lowest BCUT2D eigenvalue weighted by atomic mass is 9.93. The van der Waals surface area contributed by atoms with E-state index in [0.29, 0.717) is 0 Å². The van der Waals surface area contributed by atoms with Crippen LogP contribution in [0.2, 0.25) is 0 Å². The van der Waals surface area contributed by atoms with Crippen molar-refractivity contribution in [3.8, 4) is 0 Å². The van der Waals surface area contributed by atoms with E-state index in [0.717, 1.165) is 19.2 Å². The summed E-state index contributed by atoms with van der Waals surface area (Å²) in [5, 5.41) is 0. The van der Waals surface area contributed by atoms with Gasteiger partial charge >= 0.3 is 12.1 Å². The van der Waals surface area contributed by atoms with Gasteiger partial charge in [-0.25, -0.2) is 4.79 Å². The highest BCUT2D eigenvalue weighted by Crippen LogP contribution is 2.43. The fraction of sp³-hybridized carbons (Fsp3) is 0.300. The molecule has 0 fully saturated rings. The third-order valence-electron chi connectivity index (χ3n) is 2.26. The van der Waals surface area contributed by atoms with Gasteiger partial charge in [0.2, 0.25) is 0 Å². The fourth-order valence-corrected chi connectivity index (χ4v) is 1.58. The molecule has 1 rings (SSSR count). The van der Waals surface area contributed by atoms with Gasteiger partial charge in [0.25, 0.3) is 5.60 Å². The van der Waals surface area contributed by atoms with Gasteiger partial charge in [-0.1, -0.05) is 30.3 Å². The minimum absolute atomic E-state index is 0.367. The van der Waals surface area contributed by atoms with Crippen LogP contribution in [0.3, 0.4) is 0 Å². The van der Waals surface area contributed by atoms with E-state index in [2.05, 4.69) is 21.8 Å². The molecule has 0 aliphatic rings. The van der Waals surface area contributed by atoms with E-state index in [1.807, 2.05) is 0 Å². The molecule has 0 N–H and O–H groups in total. The highest BCUT2D eigenvalue weighted by Gasteiger charge is 2.64. The van der Waals surface area contributed by atoms with E-state index in [1.165, 1.54) is 18.2 Å². The number of hydrogen-bond acceptors (Lipinski definition) is 4.